The van der Waals surface area contributed by atoms with Gasteiger partial charge in [0.1, 0.15) is 5.75 Å². The molecule has 0 saturated carbocycles. The number of carbonyl (C=O) groups is 1. The van der Waals surface area contributed by atoms with Gasteiger partial charge in [0.25, 0.3) is 0 Å². The van der Waals surface area contributed by atoms with Crippen LogP contribution in [0.25, 0.3) is 0 Å². The summed E-state index contributed by atoms with van der Waals surface area (Å²) in [5.41, 5.74) is 1.30. The number of alkyl halides is 2. The van der Waals surface area contributed by atoms with Crippen LogP contribution in [0.4, 0.5) is 14.5 Å². The molecule has 140 valence electrons. The zero-order chi connectivity index (χ0) is 19.3. The molecule has 2 rings (SSSR count). The number of ether oxygens (including phenoxy) is 1. The molecule has 1 N–H and O–H groups in total. The maximum absolute atomic E-state index is 12.4. The van der Waals surface area contributed by atoms with Crippen molar-refractivity contribution in [2.45, 2.75) is 26.1 Å². The molecule has 0 aromatic heterocycles. The highest BCUT2D eigenvalue weighted by Gasteiger charge is 2.19. The third-order valence-electron chi connectivity index (χ3n) is 3.83. The first-order valence-corrected chi connectivity index (χ1v) is 8.52. The van der Waals surface area contributed by atoms with Crippen LogP contribution < -0.4 is 10.1 Å². The lowest BCUT2D eigenvalue weighted by molar-refractivity contribution is -0.120. The number of hydrogen-bond acceptors (Lipinski definition) is 3. The number of likely N-dealkylation sites (N-methyl/N-ethyl adjacent to an activating group) is 1. The van der Waals surface area contributed by atoms with Crippen molar-refractivity contribution in [3.05, 3.63) is 58.1 Å². The zero-order valence-corrected chi connectivity index (χ0v) is 15.7. The van der Waals surface area contributed by atoms with Crippen molar-refractivity contribution in [3.8, 4) is 5.75 Å². The van der Waals surface area contributed by atoms with Crippen molar-refractivity contribution < 1.29 is 18.3 Å². The van der Waals surface area contributed by atoms with Crippen LogP contribution in [-0.4, -0.2) is 30.5 Å². The third-order valence-corrected chi connectivity index (χ3v) is 4.65. The van der Waals surface area contributed by atoms with Crippen molar-refractivity contribution in [2.75, 3.05) is 12.4 Å². The smallest absolute Gasteiger partial charge is 0.387 e. The quantitative estimate of drug-likeness (QED) is 0.703. The molecule has 0 aliphatic rings. The molecular weight excluding hydrogens is 385 g/mol. The molecule has 0 saturated heterocycles. The fourth-order valence-corrected chi connectivity index (χ4v) is 2.59. The van der Waals surface area contributed by atoms with E-state index in [1.807, 2.05) is 4.90 Å². The van der Waals surface area contributed by atoms with Crippen LogP contribution in [0.1, 0.15) is 12.5 Å². The van der Waals surface area contributed by atoms with E-state index in [-0.39, 0.29) is 16.7 Å². The van der Waals surface area contributed by atoms with Crippen molar-refractivity contribution >= 4 is 34.8 Å². The second kappa shape index (κ2) is 9.16. The normalized spacial score (nSPS) is 12.3. The van der Waals surface area contributed by atoms with Crippen LogP contribution >= 0.6 is 23.2 Å². The number of amides is 1. The summed E-state index contributed by atoms with van der Waals surface area (Å²) in [4.78, 5) is 14.2. The summed E-state index contributed by atoms with van der Waals surface area (Å²) < 4.78 is 28.6. The number of anilines is 1. The summed E-state index contributed by atoms with van der Waals surface area (Å²) in [6.45, 7) is -0.653. The van der Waals surface area contributed by atoms with E-state index in [2.05, 4.69) is 10.1 Å². The van der Waals surface area contributed by atoms with E-state index >= 15 is 0 Å². The molecule has 1 atom stereocenters. The summed E-state index contributed by atoms with van der Waals surface area (Å²) in [6.07, 6.45) is 0. The molecule has 0 spiro atoms. The lowest BCUT2D eigenvalue weighted by Crippen LogP contribution is -2.39. The Morgan fingerprint density at radius 2 is 1.85 bits per heavy atom. The standard InChI is InChI=1S/C18H18Cl2F2N2O2/c1-11(17(25)23-15-5-3-4-14(19)16(15)20)24(2)10-12-6-8-13(9-7-12)26-18(21)22/h3-9,11,18H,10H2,1-2H3,(H,23,25). The Bertz CT molecular complexity index is 757. The Hall–Kier alpha value is -1.89. The Kier molecular flexibility index (Phi) is 7.20. The third kappa shape index (κ3) is 5.56. The van der Waals surface area contributed by atoms with E-state index in [4.69, 9.17) is 23.2 Å². The number of rotatable bonds is 7. The van der Waals surface area contributed by atoms with E-state index in [0.717, 1.165) is 5.56 Å². The predicted octanol–water partition coefficient (Wildman–Crippen LogP) is 5.05. The second-order valence-electron chi connectivity index (χ2n) is 5.70. The minimum absolute atomic E-state index is 0.0905. The number of nitrogens with one attached hydrogen (secondary N) is 1. The minimum atomic E-state index is -2.86. The summed E-state index contributed by atoms with van der Waals surface area (Å²) in [6, 6.07) is 10.8. The number of benzene rings is 2. The molecule has 2 aromatic rings. The van der Waals surface area contributed by atoms with E-state index in [9.17, 15) is 13.6 Å². The van der Waals surface area contributed by atoms with Crippen LogP contribution in [0.2, 0.25) is 10.0 Å². The van der Waals surface area contributed by atoms with Gasteiger partial charge in [-0.15, -0.1) is 0 Å². The fraction of sp³-hybridized carbons (Fsp3) is 0.278. The van der Waals surface area contributed by atoms with Crippen molar-refractivity contribution in [2.24, 2.45) is 0 Å². The van der Waals surface area contributed by atoms with E-state index in [0.29, 0.717) is 17.3 Å². The second-order valence-corrected chi connectivity index (χ2v) is 6.49. The van der Waals surface area contributed by atoms with Crippen LogP contribution in [0.15, 0.2) is 42.5 Å². The molecule has 0 fully saturated rings. The lowest BCUT2D eigenvalue weighted by Gasteiger charge is -2.24. The molecule has 8 heteroatoms. The highest BCUT2D eigenvalue weighted by atomic mass is 35.5. The van der Waals surface area contributed by atoms with E-state index < -0.39 is 12.7 Å². The van der Waals surface area contributed by atoms with Crippen LogP contribution in [0.3, 0.4) is 0 Å². The average Bonchev–Trinajstić information content (AvgIpc) is 2.59. The van der Waals surface area contributed by atoms with Crippen LogP contribution in [0, 0.1) is 0 Å². The van der Waals surface area contributed by atoms with Gasteiger partial charge in [0.15, 0.2) is 0 Å². The van der Waals surface area contributed by atoms with Gasteiger partial charge in [0, 0.05) is 6.54 Å². The lowest BCUT2D eigenvalue weighted by atomic mass is 10.1. The number of halogens is 4. The molecular formula is C18H18Cl2F2N2O2. The molecule has 0 radical (unpaired) electrons. The first kappa shape index (κ1) is 20.4. The van der Waals surface area contributed by atoms with Gasteiger partial charge in [-0.1, -0.05) is 41.4 Å². The van der Waals surface area contributed by atoms with E-state index in [1.165, 1.54) is 12.1 Å². The molecule has 0 heterocycles. The van der Waals surface area contributed by atoms with Gasteiger partial charge in [0.05, 0.1) is 21.8 Å². The van der Waals surface area contributed by atoms with Crippen LogP contribution in [-0.2, 0) is 11.3 Å². The van der Waals surface area contributed by atoms with Crippen LogP contribution in [0.5, 0.6) is 5.75 Å². The average molecular weight is 403 g/mol. The Morgan fingerprint density at radius 3 is 2.46 bits per heavy atom. The summed E-state index contributed by atoms with van der Waals surface area (Å²) >= 11 is 12.0. The van der Waals surface area contributed by atoms with Crippen molar-refractivity contribution in [1.82, 2.24) is 4.90 Å². The molecule has 0 aliphatic heterocycles. The monoisotopic (exact) mass is 402 g/mol. The largest absolute Gasteiger partial charge is 0.435 e. The Balaban J connectivity index is 1.96. The number of carbonyl (C=O) groups excluding carboxylic acids is 1. The predicted molar refractivity (Wildman–Crippen MR) is 99.1 cm³/mol. The highest BCUT2D eigenvalue weighted by molar-refractivity contribution is 6.44. The Morgan fingerprint density at radius 1 is 1.19 bits per heavy atom. The molecule has 0 bridgehead atoms. The zero-order valence-electron chi connectivity index (χ0n) is 14.2. The molecule has 26 heavy (non-hydrogen) atoms. The minimum Gasteiger partial charge on any atom is -0.435 e. The first-order chi connectivity index (χ1) is 12.3. The van der Waals surface area contributed by atoms with Gasteiger partial charge >= 0.3 is 6.61 Å². The summed E-state index contributed by atoms with van der Waals surface area (Å²) in [5.74, 6) is -0.151. The van der Waals surface area contributed by atoms with Gasteiger partial charge < -0.3 is 10.1 Å². The van der Waals surface area contributed by atoms with Gasteiger partial charge in [-0.25, -0.2) is 0 Å². The fourth-order valence-electron chi connectivity index (χ4n) is 2.24. The Labute approximate surface area is 160 Å². The van der Waals surface area contributed by atoms with Gasteiger partial charge in [0.2, 0.25) is 5.91 Å². The topological polar surface area (TPSA) is 41.6 Å². The molecule has 4 nitrogen and oxygen atoms in total. The van der Waals surface area contributed by atoms with Crippen molar-refractivity contribution in [1.29, 1.82) is 0 Å². The molecule has 0 aliphatic carbocycles. The van der Waals surface area contributed by atoms with Crippen molar-refractivity contribution in [3.63, 3.8) is 0 Å². The van der Waals surface area contributed by atoms with E-state index in [1.54, 1.807) is 44.3 Å². The SMILES string of the molecule is CC(C(=O)Nc1cccc(Cl)c1Cl)N(C)Cc1ccc(OC(F)F)cc1. The number of hydrogen-bond donors (Lipinski definition) is 1. The molecule has 1 amide bonds. The van der Waals surface area contributed by atoms with Gasteiger partial charge in [-0.2, -0.15) is 8.78 Å². The van der Waals surface area contributed by atoms with Gasteiger partial charge in [-0.05, 0) is 43.8 Å². The molecule has 2 aromatic carbocycles. The van der Waals surface area contributed by atoms with Gasteiger partial charge in [-0.3, -0.25) is 9.69 Å². The summed E-state index contributed by atoms with van der Waals surface area (Å²) in [5, 5.41) is 3.39. The highest BCUT2D eigenvalue weighted by Crippen LogP contribution is 2.29. The molecule has 1 unspecified atom stereocenters. The number of nitrogens with zero attached hydrogens (tertiary/aromatic N) is 1. The maximum Gasteiger partial charge on any atom is 0.387 e. The summed E-state index contributed by atoms with van der Waals surface area (Å²) in [7, 11) is 1.79. The maximum atomic E-state index is 12.4. The first-order valence-electron chi connectivity index (χ1n) is 7.76.